The predicted octanol–water partition coefficient (Wildman–Crippen LogP) is 5.73. The number of hydrogen-bond acceptors (Lipinski definition) is 4. The topological polar surface area (TPSA) is 46.8 Å². The van der Waals surface area contributed by atoms with E-state index in [9.17, 15) is 0 Å². The Kier molecular flexibility index (Phi) is 7.61. The average Bonchev–Trinajstić information content (AvgIpc) is 2.71. The first kappa shape index (κ1) is 22.1. The van der Waals surface area contributed by atoms with Crippen LogP contribution >= 0.6 is 0 Å². The minimum Gasteiger partial charge on any atom is -0.381 e. The first-order valence-corrected chi connectivity index (χ1v) is 11.5. The molecule has 1 aromatic heterocycles. The zero-order valence-electron chi connectivity index (χ0n) is 19.2. The first-order valence-electron chi connectivity index (χ1n) is 11.5. The van der Waals surface area contributed by atoms with Crippen LogP contribution in [0.25, 0.3) is 0 Å². The van der Waals surface area contributed by atoms with Crippen molar-refractivity contribution in [2.45, 2.75) is 91.3 Å². The number of hydrogen-bond donors (Lipinski definition) is 0. The number of pyridine rings is 1. The molecule has 0 saturated heterocycles. The average molecular weight is 398 g/mol. The maximum atomic E-state index is 5.48. The molecule has 1 heterocycles. The van der Waals surface area contributed by atoms with Crippen LogP contribution in [0.15, 0.2) is 28.2 Å². The Hall–Kier alpha value is -1.55. The van der Waals surface area contributed by atoms with Gasteiger partial charge >= 0.3 is 0 Å². The van der Waals surface area contributed by atoms with Crippen molar-refractivity contribution in [3.8, 4) is 0 Å². The lowest BCUT2D eigenvalue weighted by molar-refractivity contribution is 0.0667. The molecule has 2 unspecified atom stereocenters. The Morgan fingerprint density at radius 2 is 1.45 bits per heavy atom. The van der Waals surface area contributed by atoms with E-state index in [0.717, 1.165) is 54.4 Å². The Morgan fingerprint density at radius 1 is 0.897 bits per heavy atom. The predicted molar refractivity (Wildman–Crippen MR) is 122 cm³/mol. The van der Waals surface area contributed by atoms with Gasteiger partial charge in [0.25, 0.3) is 0 Å². The van der Waals surface area contributed by atoms with E-state index in [4.69, 9.17) is 19.7 Å². The van der Waals surface area contributed by atoms with E-state index in [1.807, 2.05) is 7.11 Å². The van der Waals surface area contributed by atoms with Crippen molar-refractivity contribution in [3.05, 3.63) is 29.6 Å². The Labute approximate surface area is 177 Å². The molecule has 160 valence electrons. The smallest absolute Gasteiger partial charge is 0.0845 e. The largest absolute Gasteiger partial charge is 0.381 e. The van der Waals surface area contributed by atoms with Crippen molar-refractivity contribution in [2.24, 2.45) is 27.7 Å². The number of methoxy groups -OCH3 is 1. The molecular formula is C25H39N3O. The molecule has 2 saturated carbocycles. The van der Waals surface area contributed by atoms with Gasteiger partial charge in [-0.05, 0) is 82.3 Å². The normalized spacial score (nSPS) is 34.3. The molecule has 0 bridgehead atoms. The summed E-state index contributed by atoms with van der Waals surface area (Å²) < 4.78 is 5.48. The van der Waals surface area contributed by atoms with Gasteiger partial charge in [-0.3, -0.25) is 9.98 Å². The highest BCUT2D eigenvalue weighted by Crippen LogP contribution is 2.35. The fourth-order valence-electron chi connectivity index (χ4n) is 5.34. The number of aromatic nitrogens is 1. The van der Waals surface area contributed by atoms with E-state index in [1.165, 1.54) is 12.8 Å². The van der Waals surface area contributed by atoms with Gasteiger partial charge in [-0.2, -0.15) is 0 Å². The van der Waals surface area contributed by atoms with Crippen molar-refractivity contribution in [1.82, 2.24) is 4.98 Å². The highest BCUT2D eigenvalue weighted by Gasteiger charge is 2.31. The van der Waals surface area contributed by atoms with Crippen molar-refractivity contribution in [2.75, 3.05) is 7.11 Å². The monoisotopic (exact) mass is 397 g/mol. The molecule has 4 heteroatoms. The Balaban J connectivity index is 1.72. The summed E-state index contributed by atoms with van der Waals surface area (Å²) in [6.45, 7) is 11.3. The van der Waals surface area contributed by atoms with Gasteiger partial charge in [0.05, 0.1) is 41.0 Å². The van der Waals surface area contributed by atoms with E-state index in [-0.39, 0.29) is 0 Å². The van der Waals surface area contributed by atoms with Crippen molar-refractivity contribution in [1.29, 1.82) is 0 Å². The molecular weight excluding hydrogens is 358 g/mol. The standard InChI is InChI=1S/C25H39N3O/c1-16-14-17(2)25(18(3)15-16)27-20(5)24-9-7-8-23(28-24)19(4)26-21-10-12-22(29-6)13-11-21/h7-9,16-18,21-22,25H,10-15H2,1-6H3. The lowest BCUT2D eigenvalue weighted by atomic mass is 9.74. The Morgan fingerprint density at radius 3 is 2.00 bits per heavy atom. The molecule has 2 aliphatic carbocycles. The van der Waals surface area contributed by atoms with Crippen LogP contribution < -0.4 is 0 Å². The van der Waals surface area contributed by atoms with Gasteiger partial charge in [-0.25, -0.2) is 4.98 Å². The van der Waals surface area contributed by atoms with Crippen LogP contribution in [0.5, 0.6) is 0 Å². The van der Waals surface area contributed by atoms with Crippen LogP contribution in [0.4, 0.5) is 0 Å². The SMILES string of the molecule is COC1CCC(N=C(C)c2cccc(C(C)=NC3C(C)CC(C)CC3C)n2)CC1. The molecule has 2 atom stereocenters. The maximum Gasteiger partial charge on any atom is 0.0845 e. The fourth-order valence-corrected chi connectivity index (χ4v) is 5.34. The lowest BCUT2D eigenvalue weighted by Gasteiger charge is -2.35. The summed E-state index contributed by atoms with van der Waals surface area (Å²) in [4.78, 5) is 15.0. The third kappa shape index (κ3) is 5.75. The molecule has 3 rings (SSSR count). The van der Waals surface area contributed by atoms with E-state index >= 15 is 0 Å². The maximum absolute atomic E-state index is 5.48. The summed E-state index contributed by atoms with van der Waals surface area (Å²) >= 11 is 0. The molecule has 0 radical (unpaired) electrons. The second-order valence-corrected chi connectivity index (χ2v) is 9.53. The molecule has 29 heavy (non-hydrogen) atoms. The molecule has 0 N–H and O–H groups in total. The number of rotatable bonds is 5. The number of ether oxygens (including phenoxy) is 1. The summed E-state index contributed by atoms with van der Waals surface area (Å²) in [5, 5.41) is 0. The third-order valence-corrected chi connectivity index (χ3v) is 6.90. The summed E-state index contributed by atoms with van der Waals surface area (Å²) in [6.07, 6.45) is 7.38. The molecule has 0 aromatic carbocycles. The van der Waals surface area contributed by atoms with Gasteiger partial charge in [0.2, 0.25) is 0 Å². The summed E-state index contributed by atoms with van der Waals surface area (Å²) in [6, 6.07) is 7.05. The summed E-state index contributed by atoms with van der Waals surface area (Å²) in [5.74, 6) is 2.08. The summed E-state index contributed by atoms with van der Waals surface area (Å²) in [7, 11) is 1.81. The lowest BCUT2D eigenvalue weighted by Crippen LogP contribution is -2.33. The van der Waals surface area contributed by atoms with Crippen LogP contribution in [0.1, 0.15) is 84.5 Å². The van der Waals surface area contributed by atoms with Crippen LogP contribution in [0.3, 0.4) is 0 Å². The molecule has 2 fully saturated rings. The first-order chi connectivity index (χ1) is 13.9. The van der Waals surface area contributed by atoms with Crippen LogP contribution in [-0.2, 0) is 4.74 Å². The third-order valence-electron chi connectivity index (χ3n) is 6.90. The van der Waals surface area contributed by atoms with Crippen molar-refractivity contribution >= 4 is 11.4 Å². The zero-order valence-corrected chi connectivity index (χ0v) is 19.2. The van der Waals surface area contributed by atoms with Gasteiger partial charge in [0, 0.05) is 7.11 Å². The molecule has 2 aliphatic rings. The van der Waals surface area contributed by atoms with Gasteiger partial charge in [0.1, 0.15) is 0 Å². The van der Waals surface area contributed by atoms with Gasteiger partial charge in [-0.15, -0.1) is 0 Å². The number of aliphatic imine (C=N–C) groups is 2. The van der Waals surface area contributed by atoms with Crippen LogP contribution in [0.2, 0.25) is 0 Å². The van der Waals surface area contributed by atoms with Crippen molar-refractivity contribution < 1.29 is 4.74 Å². The number of nitrogens with zero attached hydrogens (tertiary/aromatic N) is 3. The minimum absolute atomic E-state index is 0.396. The Bertz CT molecular complexity index is 721. The van der Waals surface area contributed by atoms with Crippen LogP contribution in [0, 0.1) is 17.8 Å². The molecule has 0 aliphatic heterocycles. The van der Waals surface area contributed by atoms with Gasteiger partial charge in [-0.1, -0.05) is 26.8 Å². The highest BCUT2D eigenvalue weighted by molar-refractivity contribution is 6.00. The van der Waals surface area contributed by atoms with Crippen molar-refractivity contribution in [3.63, 3.8) is 0 Å². The quantitative estimate of drug-likeness (QED) is 0.596. The molecule has 1 aromatic rings. The second-order valence-electron chi connectivity index (χ2n) is 9.53. The molecule has 0 spiro atoms. The van der Waals surface area contributed by atoms with Crippen LogP contribution in [-0.4, -0.2) is 41.7 Å². The van der Waals surface area contributed by atoms with E-state index in [0.29, 0.717) is 30.0 Å². The summed E-state index contributed by atoms with van der Waals surface area (Å²) in [5.41, 5.74) is 4.05. The van der Waals surface area contributed by atoms with Gasteiger partial charge < -0.3 is 4.74 Å². The molecule has 0 amide bonds. The second kappa shape index (κ2) is 9.97. The highest BCUT2D eigenvalue weighted by atomic mass is 16.5. The fraction of sp³-hybridized carbons (Fsp3) is 0.720. The molecule has 4 nitrogen and oxygen atoms in total. The van der Waals surface area contributed by atoms with Gasteiger partial charge in [0.15, 0.2) is 0 Å². The zero-order chi connectivity index (χ0) is 21.0. The van der Waals surface area contributed by atoms with E-state index in [2.05, 4.69) is 52.8 Å². The minimum atomic E-state index is 0.396. The van der Waals surface area contributed by atoms with E-state index in [1.54, 1.807) is 0 Å². The van der Waals surface area contributed by atoms with E-state index < -0.39 is 0 Å².